The van der Waals surface area contributed by atoms with Crippen LogP contribution in [0.15, 0.2) is 48.8 Å². The summed E-state index contributed by atoms with van der Waals surface area (Å²) in [4.78, 5) is 4.28. The van der Waals surface area contributed by atoms with Gasteiger partial charge in [-0.15, -0.1) is 0 Å². The van der Waals surface area contributed by atoms with Gasteiger partial charge < -0.3 is 0 Å². The van der Waals surface area contributed by atoms with Crippen LogP contribution in [0.1, 0.15) is 26.3 Å². The van der Waals surface area contributed by atoms with Gasteiger partial charge in [-0.25, -0.2) is 9.50 Å². The Kier molecular flexibility index (Phi) is 2.63. The average Bonchev–Trinajstić information content (AvgIpc) is 2.81. The number of hydrogen-bond donors (Lipinski definition) is 0. The highest BCUT2D eigenvalue weighted by molar-refractivity contribution is 5.64. The van der Waals surface area contributed by atoms with Crippen LogP contribution in [0.2, 0.25) is 0 Å². The molecule has 0 amide bonds. The fraction of sp³-hybridized carbons (Fsp3) is 0.250. The van der Waals surface area contributed by atoms with Gasteiger partial charge in [-0.2, -0.15) is 5.10 Å². The normalized spacial score (nSPS) is 11.9. The molecule has 3 rings (SSSR count). The quantitative estimate of drug-likeness (QED) is 0.660. The van der Waals surface area contributed by atoms with E-state index in [4.69, 9.17) is 0 Å². The van der Waals surface area contributed by atoms with Crippen molar-refractivity contribution < 1.29 is 0 Å². The third-order valence-electron chi connectivity index (χ3n) is 3.28. The largest absolute Gasteiger partial charge is 0.237 e. The number of nitrogens with zero attached hydrogens (tertiary/aromatic N) is 3. The van der Waals surface area contributed by atoms with E-state index in [0.29, 0.717) is 0 Å². The summed E-state index contributed by atoms with van der Waals surface area (Å²) < 4.78 is 1.80. The van der Waals surface area contributed by atoms with Gasteiger partial charge in [0.25, 0.3) is 0 Å². The van der Waals surface area contributed by atoms with E-state index < -0.39 is 0 Å². The number of fused-ring (bicyclic) bond motifs is 1. The zero-order valence-electron chi connectivity index (χ0n) is 11.5. The molecule has 19 heavy (non-hydrogen) atoms. The molecule has 0 saturated carbocycles. The highest BCUT2D eigenvalue weighted by atomic mass is 15.2. The first-order valence-corrected chi connectivity index (χ1v) is 6.45. The second-order valence-corrected chi connectivity index (χ2v) is 5.78. The van der Waals surface area contributed by atoms with E-state index in [1.165, 1.54) is 5.56 Å². The van der Waals surface area contributed by atoms with Crippen molar-refractivity contribution in [3.05, 3.63) is 54.4 Å². The van der Waals surface area contributed by atoms with E-state index in [0.717, 1.165) is 16.9 Å². The van der Waals surface area contributed by atoms with Gasteiger partial charge in [-0.05, 0) is 17.0 Å². The molecule has 0 atom stereocenters. The lowest BCUT2D eigenvalue weighted by molar-refractivity contribution is 0.590. The Morgan fingerprint density at radius 1 is 1.05 bits per heavy atom. The Balaban J connectivity index is 2.02. The zero-order valence-corrected chi connectivity index (χ0v) is 11.5. The Hall–Kier alpha value is -2.16. The minimum absolute atomic E-state index is 0.180. The molecule has 0 bridgehead atoms. The summed E-state index contributed by atoms with van der Waals surface area (Å²) >= 11 is 0. The van der Waals surface area contributed by atoms with E-state index in [-0.39, 0.29) is 5.41 Å². The molecule has 0 unspecified atom stereocenters. The van der Waals surface area contributed by atoms with Crippen molar-refractivity contribution in [3.8, 4) is 11.3 Å². The Labute approximate surface area is 112 Å². The van der Waals surface area contributed by atoms with Gasteiger partial charge in [0.05, 0.1) is 5.69 Å². The van der Waals surface area contributed by atoms with Crippen molar-refractivity contribution in [1.29, 1.82) is 0 Å². The summed E-state index contributed by atoms with van der Waals surface area (Å²) in [5, 5.41) is 4.53. The molecule has 0 fully saturated rings. The summed E-state index contributed by atoms with van der Waals surface area (Å²) in [5.41, 5.74) is 4.46. The SMILES string of the molecule is CC(C)(C)c1ccc(-c2cc3ncccn3n2)cc1. The van der Waals surface area contributed by atoms with Crippen LogP contribution in [0, 0.1) is 0 Å². The van der Waals surface area contributed by atoms with Crippen LogP contribution in [0.4, 0.5) is 0 Å². The van der Waals surface area contributed by atoms with Crippen LogP contribution in [-0.4, -0.2) is 14.6 Å². The number of rotatable bonds is 1. The molecule has 3 heteroatoms. The third kappa shape index (κ3) is 2.24. The number of hydrogen-bond acceptors (Lipinski definition) is 2. The molecule has 0 aliphatic carbocycles. The molecular weight excluding hydrogens is 234 g/mol. The Morgan fingerprint density at radius 3 is 2.42 bits per heavy atom. The van der Waals surface area contributed by atoms with Crippen LogP contribution in [0.3, 0.4) is 0 Å². The highest BCUT2D eigenvalue weighted by Crippen LogP contribution is 2.25. The average molecular weight is 251 g/mol. The Bertz CT molecular complexity index is 670. The van der Waals surface area contributed by atoms with Gasteiger partial charge in [0.2, 0.25) is 0 Å². The lowest BCUT2D eigenvalue weighted by atomic mass is 9.86. The summed E-state index contributed by atoms with van der Waals surface area (Å²) in [5.74, 6) is 0. The van der Waals surface area contributed by atoms with Crippen molar-refractivity contribution in [3.63, 3.8) is 0 Å². The predicted molar refractivity (Wildman–Crippen MR) is 77.1 cm³/mol. The molecule has 0 spiro atoms. The van der Waals surface area contributed by atoms with Crippen molar-refractivity contribution in [2.45, 2.75) is 26.2 Å². The zero-order chi connectivity index (χ0) is 13.5. The molecule has 2 heterocycles. The minimum atomic E-state index is 0.180. The minimum Gasteiger partial charge on any atom is -0.237 e. The molecule has 0 saturated heterocycles. The first kappa shape index (κ1) is 11.9. The van der Waals surface area contributed by atoms with Crippen molar-refractivity contribution in [2.24, 2.45) is 0 Å². The molecule has 96 valence electrons. The number of benzene rings is 1. The standard InChI is InChI=1S/C16H17N3/c1-16(2,3)13-7-5-12(6-8-13)14-11-15-17-9-4-10-19(15)18-14/h4-11H,1-3H3. The maximum Gasteiger partial charge on any atom is 0.155 e. The van der Waals surface area contributed by atoms with Crippen molar-refractivity contribution in [1.82, 2.24) is 14.6 Å². The Morgan fingerprint density at radius 2 is 1.79 bits per heavy atom. The van der Waals surface area contributed by atoms with Gasteiger partial charge in [-0.1, -0.05) is 45.0 Å². The van der Waals surface area contributed by atoms with Crippen LogP contribution >= 0.6 is 0 Å². The first-order valence-electron chi connectivity index (χ1n) is 6.45. The van der Waals surface area contributed by atoms with E-state index in [2.05, 4.69) is 55.1 Å². The van der Waals surface area contributed by atoms with E-state index in [1.807, 2.05) is 18.3 Å². The summed E-state index contributed by atoms with van der Waals surface area (Å²) in [7, 11) is 0. The second kappa shape index (κ2) is 4.19. The van der Waals surface area contributed by atoms with Gasteiger partial charge in [0.1, 0.15) is 0 Å². The van der Waals surface area contributed by atoms with Crippen molar-refractivity contribution >= 4 is 5.65 Å². The second-order valence-electron chi connectivity index (χ2n) is 5.78. The van der Waals surface area contributed by atoms with E-state index in [9.17, 15) is 0 Å². The smallest absolute Gasteiger partial charge is 0.155 e. The highest BCUT2D eigenvalue weighted by Gasteiger charge is 2.13. The van der Waals surface area contributed by atoms with Crippen molar-refractivity contribution in [2.75, 3.05) is 0 Å². The molecule has 3 aromatic rings. The van der Waals surface area contributed by atoms with Gasteiger partial charge in [0, 0.05) is 24.0 Å². The summed E-state index contributed by atoms with van der Waals surface area (Å²) in [6.45, 7) is 6.66. The van der Waals surface area contributed by atoms with Crippen LogP contribution < -0.4 is 0 Å². The molecule has 2 aromatic heterocycles. The van der Waals surface area contributed by atoms with Gasteiger partial charge >= 0.3 is 0 Å². The molecule has 3 nitrogen and oxygen atoms in total. The topological polar surface area (TPSA) is 30.2 Å². The molecule has 0 radical (unpaired) electrons. The van der Waals surface area contributed by atoms with Crippen LogP contribution in [-0.2, 0) is 5.41 Å². The van der Waals surface area contributed by atoms with Gasteiger partial charge in [0.15, 0.2) is 5.65 Å². The lowest BCUT2D eigenvalue weighted by Crippen LogP contribution is -2.10. The molecule has 0 aliphatic heterocycles. The molecule has 0 aliphatic rings. The van der Waals surface area contributed by atoms with Gasteiger partial charge in [-0.3, -0.25) is 0 Å². The summed E-state index contributed by atoms with van der Waals surface area (Å²) in [6, 6.07) is 12.5. The maximum atomic E-state index is 4.53. The number of aromatic nitrogens is 3. The first-order chi connectivity index (χ1) is 9.04. The summed E-state index contributed by atoms with van der Waals surface area (Å²) in [6.07, 6.45) is 3.69. The van der Waals surface area contributed by atoms with E-state index in [1.54, 1.807) is 10.7 Å². The maximum absolute atomic E-state index is 4.53. The predicted octanol–water partition coefficient (Wildman–Crippen LogP) is 3.69. The fourth-order valence-electron chi connectivity index (χ4n) is 2.11. The monoisotopic (exact) mass is 251 g/mol. The molecule has 0 N–H and O–H groups in total. The van der Waals surface area contributed by atoms with Crippen LogP contribution in [0.5, 0.6) is 0 Å². The van der Waals surface area contributed by atoms with Crippen LogP contribution in [0.25, 0.3) is 16.9 Å². The third-order valence-corrected chi connectivity index (χ3v) is 3.28. The molecular formula is C16H17N3. The fourth-order valence-corrected chi connectivity index (χ4v) is 2.11. The lowest BCUT2D eigenvalue weighted by Gasteiger charge is -2.18. The van der Waals surface area contributed by atoms with E-state index >= 15 is 0 Å². The molecule has 1 aromatic carbocycles.